The summed E-state index contributed by atoms with van der Waals surface area (Å²) >= 11 is 0. The van der Waals surface area contributed by atoms with Crippen molar-refractivity contribution in [1.82, 2.24) is 14.4 Å². The van der Waals surface area contributed by atoms with Crippen molar-refractivity contribution >= 4 is 16.8 Å². The van der Waals surface area contributed by atoms with Gasteiger partial charge in [0, 0.05) is 49.4 Å². The fourth-order valence-electron chi connectivity index (χ4n) is 5.71. The Morgan fingerprint density at radius 2 is 1.97 bits per heavy atom. The Morgan fingerprint density at radius 3 is 2.77 bits per heavy atom. The predicted octanol–water partition coefficient (Wildman–Crippen LogP) is 4.50. The number of carbonyl (C=O) groups is 1. The molecule has 0 radical (unpaired) electrons. The minimum absolute atomic E-state index is 0.233. The molecule has 2 aliphatic heterocycles. The highest BCUT2D eigenvalue weighted by molar-refractivity contribution is 5.89. The molecule has 1 amide bonds. The predicted molar refractivity (Wildman–Crippen MR) is 126 cm³/mol. The molecular weight excluding hydrogens is 386 g/mol. The number of aromatic nitrogens is 1. The summed E-state index contributed by atoms with van der Waals surface area (Å²) in [6.45, 7) is 9.02. The quantitative estimate of drug-likeness (QED) is 0.625. The minimum Gasteiger partial charge on any atom is -0.383 e. The number of benzene rings is 1. The highest BCUT2D eigenvalue weighted by Crippen LogP contribution is 2.32. The summed E-state index contributed by atoms with van der Waals surface area (Å²) in [5, 5.41) is 1.20. The first kappa shape index (κ1) is 22.3. The summed E-state index contributed by atoms with van der Waals surface area (Å²) in [5.41, 5.74) is 2.36. The van der Waals surface area contributed by atoms with Crippen LogP contribution in [0.5, 0.6) is 0 Å². The van der Waals surface area contributed by atoms with Gasteiger partial charge in [-0.05, 0) is 70.2 Å². The molecule has 0 bridgehead atoms. The molecular formula is C26H39N3O2. The second-order valence-corrected chi connectivity index (χ2v) is 9.68. The second-order valence-electron chi connectivity index (χ2n) is 9.68. The van der Waals surface area contributed by atoms with Crippen LogP contribution in [0.4, 0.5) is 0 Å². The lowest BCUT2D eigenvalue weighted by Crippen LogP contribution is -2.52. The lowest BCUT2D eigenvalue weighted by molar-refractivity contribution is -0.132. The normalized spacial score (nSPS) is 22.1. The van der Waals surface area contributed by atoms with Gasteiger partial charge in [-0.25, -0.2) is 0 Å². The third-order valence-corrected chi connectivity index (χ3v) is 7.32. The van der Waals surface area contributed by atoms with Crippen LogP contribution in [0.15, 0.2) is 30.5 Å². The van der Waals surface area contributed by atoms with E-state index >= 15 is 0 Å². The molecule has 170 valence electrons. The highest BCUT2D eigenvalue weighted by atomic mass is 16.5. The molecule has 4 rings (SSSR count). The first-order chi connectivity index (χ1) is 15.1. The van der Waals surface area contributed by atoms with Gasteiger partial charge in [-0.15, -0.1) is 0 Å². The number of hydrogen-bond acceptors (Lipinski definition) is 3. The van der Waals surface area contributed by atoms with Gasteiger partial charge in [-0.2, -0.15) is 0 Å². The molecule has 1 aromatic heterocycles. The van der Waals surface area contributed by atoms with Crippen molar-refractivity contribution in [2.75, 3.05) is 39.9 Å². The third-order valence-electron chi connectivity index (χ3n) is 7.32. The number of para-hydroxylation sites is 1. The van der Waals surface area contributed by atoms with Crippen molar-refractivity contribution in [1.29, 1.82) is 0 Å². The van der Waals surface area contributed by atoms with Crippen molar-refractivity contribution in [2.24, 2.45) is 5.92 Å². The van der Waals surface area contributed by atoms with Crippen LogP contribution < -0.4 is 0 Å². The second kappa shape index (κ2) is 10.2. The number of ether oxygens (including phenoxy) is 1. The maximum atomic E-state index is 13.5. The van der Waals surface area contributed by atoms with E-state index in [2.05, 4.69) is 58.7 Å². The zero-order valence-electron chi connectivity index (χ0n) is 19.6. The first-order valence-corrected chi connectivity index (χ1v) is 12.2. The highest BCUT2D eigenvalue weighted by Gasteiger charge is 2.34. The van der Waals surface area contributed by atoms with E-state index in [4.69, 9.17) is 4.74 Å². The zero-order chi connectivity index (χ0) is 21.8. The topological polar surface area (TPSA) is 37.7 Å². The number of rotatable bonds is 8. The Bertz CT molecular complexity index is 873. The molecule has 2 unspecified atom stereocenters. The van der Waals surface area contributed by atoms with Crippen molar-refractivity contribution < 1.29 is 9.53 Å². The summed E-state index contributed by atoms with van der Waals surface area (Å²) in [5.74, 6) is 0.823. The zero-order valence-corrected chi connectivity index (χ0v) is 19.6. The van der Waals surface area contributed by atoms with Gasteiger partial charge in [0.25, 0.3) is 0 Å². The Kier molecular flexibility index (Phi) is 7.34. The van der Waals surface area contributed by atoms with Crippen LogP contribution in [-0.4, -0.2) is 66.2 Å². The van der Waals surface area contributed by atoms with E-state index in [0.29, 0.717) is 37.6 Å². The number of hydrogen-bond donors (Lipinski definition) is 0. The lowest BCUT2D eigenvalue weighted by Gasteiger charge is -2.45. The van der Waals surface area contributed by atoms with Crippen molar-refractivity contribution in [3.8, 4) is 0 Å². The van der Waals surface area contributed by atoms with Crippen molar-refractivity contribution in [3.63, 3.8) is 0 Å². The Morgan fingerprint density at radius 1 is 1.16 bits per heavy atom. The van der Waals surface area contributed by atoms with Gasteiger partial charge < -0.3 is 19.1 Å². The first-order valence-electron chi connectivity index (χ1n) is 12.2. The molecule has 2 fully saturated rings. The van der Waals surface area contributed by atoms with E-state index in [-0.39, 0.29) is 5.91 Å². The average Bonchev–Trinajstić information content (AvgIpc) is 3.15. The largest absolute Gasteiger partial charge is 0.383 e. The molecule has 2 aliphatic rings. The molecule has 2 atom stereocenters. The van der Waals surface area contributed by atoms with E-state index in [1.54, 1.807) is 7.11 Å². The molecule has 0 aliphatic carbocycles. The van der Waals surface area contributed by atoms with Gasteiger partial charge in [0.1, 0.15) is 0 Å². The van der Waals surface area contributed by atoms with Gasteiger partial charge in [0.2, 0.25) is 5.91 Å². The molecule has 2 saturated heterocycles. The van der Waals surface area contributed by atoms with E-state index in [9.17, 15) is 4.79 Å². The number of fused-ring (bicyclic) bond motifs is 2. The molecule has 0 spiro atoms. The minimum atomic E-state index is 0.233. The summed E-state index contributed by atoms with van der Waals surface area (Å²) in [4.78, 5) is 18.3. The number of piperidine rings is 2. The van der Waals surface area contributed by atoms with E-state index in [1.807, 2.05) is 0 Å². The molecule has 5 nitrogen and oxygen atoms in total. The smallest absolute Gasteiger partial charge is 0.227 e. The SMILES string of the molecule is COCCN(CC1CCCN2CCCCC12)C(=O)Cc1cn(C(C)C)c2ccccc12. The van der Waals surface area contributed by atoms with Gasteiger partial charge in [0.05, 0.1) is 13.0 Å². The van der Waals surface area contributed by atoms with Crippen LogP contribution >= 0.6 is 0 Å². The lowest BCUT2D eigenvalue weighted by atomic mass is 9.83. The van der Waals surface area contributed by atoms with Crippen LogP contribution in [-0.2, 0) is 16.0 Å². The monoisotopic (exact) mass is 425 g/mol. The number of nitrogens with zero attached hydrogens (tertiary/aromatic N) is 3. The van der Waals surface area contributed by atoms with Gasteiger partial charge in [-0.1, -0.05) is 24.6 Å². The molecule has 0 N–H and O–H groups in total. The Labute approximate surface area is 187 Å². The van der Waals surface area contributed by atoms with E-state index < -0.39 is 0 Å². The molecule has 1 aromatic carbocycles. The van der Waals surface area contributed by atoms with Crippen molar-refractivity contribution in [2.45, 2.75) is 64.5 Å². The fourth-order valence-corrected chi connectivity index (χ4v) is 5.71. The number of carbonyl (C=O) groups excluding carboxylic acids is 1. The Hall–Kier alpha value is -1.85. The maximum Gasteiger partial charge on any atom is 0.227 e. The van der Waals surface area contributed by atoms with Crippen LogP contribution in [0.1, 0.15) is 57.6 Å². The summed E-state index contributed by atoms with van der Waals surface area (Å²) < 4.78 is 7.66. The van der Waals surface area contributed by atoms with Crippen molar-refractivity contribution in [3.05, 3.63) is 36.0 Å². The fraction of sp³-hybridized carbons (Fsp3) is 0.654. The number of methoxy groups -OCH3 is 1. The van der Waals surface area contributed by atoms with Crippen LogP contribution in [0, 0.1) is 5.92 Å². The maximum absolute atomic E-state index is 13.5. The molecule has 2 aromatic rings. The van der Waals surface area contributed by atoms with Gasteiger partial charge >= 0.3 is 0 Å². The number of amides is 1. The molecule has 0 saturated carbocycles. The summed E-state index contributed by atoms with van der Waals surface area (Å²) in [6, 6.07) is 9.49. The summed E-state index contributed by atoms with van der Waals surface area (Å²) in [7, 11) is 1.72. The van der Waals surface area contributed by atoms with Gasteiger partial charge in [0.15, 0.2) is 0 Å². The van der Waals surface area contributed by atoms with Crippen LogP contribution in [0.3, 0.4) is 0 Å². The molecule has 3 heterocycles. The van der Waals surface area contributed by atoms with E-state index in [1.165, 1.54) is 56.1 Å². The van der Waals surface area contributed by atoms with E-state index in [0.717, 1.165) is 12.1 Å². The summed E-state index contributed by atoms with van der Waals surface area (Å²) in [6.07, 6.45) is 9.10. The van der Waals surface area contributed by atoms with Crippen LogP contribution in [0.2, 0.25) is 0 Å². The molecule has 5 heteroatoms. The van der Waals surface area contributed by atoms with Crippen LogP contribution in [0.25, 0.3) is 10.9 Å². The average molecular weight is 426 g/mol. The third kappa shape index (κ3) is 4.98. The Balaban J connectivity index is 1.51. The van der Waals surface area contributed by atoms with Gasteiger partial charge in [-0.3, -0.25) is 4.79 Å². The standard InChI is InChI=1S/C26H39N3O2/c1-20(2)29-19-22(23-10-4-5-12-25(23)29)17-26(30)28(15-16-31-3)18-21-9-8-14-27-13-7-6-11-24(21)27/h4-5,10,12,19-21,24H,6-9,11,13-18H2,1-3H3. The molecule has 31 heavy (non-hydrogen) atoms.